The molecule has 0 aliphatic carbocycles. The van der Waals surface area contributed by atoms with Crippen LogP contribution in [-0.4, -0.2) is 44.6 Å². The zero-order chi connectivity index (χ0) is 24.1. The summed E-state index contributed by atoms with van der Waals surface area (Å²) in [5, 5.41) is 8.80. The van der Waals surface area contributed by atoms with E-state index in [-0.39, 0.29) is 22.4 Å². The van der Waals surface area contributed by atoms with Crippen LogP contribution in [-0.2, 0) is 11.3 Å². The van der Waals surface area contributed by atoms with Crippen molar-refractivity contribution < 1.29 is 14.0 Å². The van der Waals surface area contributed by atoms with Gasteiger partial charge < -0.3 is 10.2 Å². The molecule has 0 spiro atoms. The summed E-state index contributed by atoms with van der Waals surface area (Å²) in [7, 11) is 0. The molecule has 0 atom stereocenters. The van der Waals surface area contributed by atoms with E-state index in [0.29, 0.717) is 18.0 Å². The van der Waals surface area contributed by atoms with Gasteiger partial charge in [0.2, 0.25) is 5.91 Å². The number of thiophene rings is 1. The highest BCUT2D eigenvalue weighted by atomic mass is 35.5. The number of piperidine rings is 1. The highest BCUT2D eigenvalue weighted by Gasteiger charge is 2.23. The lowest BCUT2D eigenvalue weighted by atomic mass is 9.93. The molecule has 4 heterocycles. The van der Waals surface area contributed by atoms with E-state index in [1.54, 1.807) is 6.92 Å². The summed E-state index contributed by atoms with van der Waals surface area (Å²) < 4.78 is 16.1. The van der Waals surface area contributed by atoms with E-state index in [1.807, 2.05) is 22.4 Å². The number of carbonyl (C=O) groups is 2. The smallest absolute Gasteiger partial charge is 0.276 e. The normalized spacial score (nSPS) is 13.9. The molecular weight excluding hydrogens is 477 g/mol. The Morgan fingerprint density at radius 1 is 1.29 bits per heavy atom. The zero-order valence-electron chi connectivity index (χ0n) is 18.6. The predicted octanol–water partition coefficient (Wildman–Crippen LogP) is 4.43. The largest absolute Gasteiger partial charge is 0.343 e. The Morgan fingerprint density at radius 3 is 2.76 bits per heavy atom. The molecule has 0 unspecified atom stereocenters. The molecule has 34 heavy (non-hydrogen) atoms. The van der Waals surface area contributed by atoms with Crippen LogP contribution in [0.15, 0.2) is 36.0 Å². The quantitative estimate of drug-likeness (QED) is 0.526. The molecule has 4 rings (SSSR count). The van der Waals surface area contributed by atoms with Crippen LogP contribution in [0.1, 0.15) is 47.1 Å². The van der Waals surface area contributed by atoms with Crippen LogP contribution < -0.4 is 5.32 Å². The molecule has 0 bridgehead atoms. The van der Waals surface area contributed by atoms with Crippen LogP contribution in [0.2, 0.25) is 5.02 Å². The molecule has 2 amide bonds. The van der Waals surface area contributed by atoms with Crippen LogP contribution in [0.4, 0.5) is 10.2 Å². The zero-order valence-corrected chi connectivity index (χ0v) is 20.1. The van der Waals surface area contributed by atoms with Crippen molar-refractivity contribution in [3.05, 3.63) is 62.9 Å². The van der Waals surface area contributed by atoms with Gasteiger partial charge in [0.25, 0.3) is 5.91 Å². The monoisotopic (exact) mass is 499 g/mol. The van der Waals surface area contributed by atoms with Crippen LogP contribution in [0.25, 0.3) is 0 Å². The van der Waals surface area contributed by atoms with E-state index in [9.17, 15) is 14.0 Å². The second-order valence-electron chi connectivity index (χ2n) is 8.04. The number of anilines is 1. The summed E-state index contributed by atoms with van der Waals surface area (Å²) in [6.45, 7) is 3.56. The number of halogens is 2. The number of hydrogen-bond donors (Lipinski definition) is 1. The average Bonchev–Trinajstić information content (AvgIpc) is 3.47. The molecule has 0 aromatic carbocycles. The van der Waals surface area contributed by atoms with Gasteiger partial charge in [0.05, 0.1) is 16.1 Å². The fourth-order valence-electron chi connectivity index (χ4n) is 3.85. The van der Waals surface area contributed by atoms with E-state index in [0.717, 1.165) is 37.2 Å². The van der Waals surface area contributed by atoms with Gasteiger partial charge in [-0.15, -0.1) is 11.3 Å². The first-order chi connectivity index (χ1) is 16.4. The molecule has 1 saturated heterocycles. The number of rotatable bonds is 5. The Bertz CT molecular complexity index is 1240. The molecule has 1 N–H and O–H groups in total. The van der Waals surface area contributed by atoms with Gasteiger partial charge in [-0.1, -0.05) is 29.5 Å². The lowest BCUT2D eigenvalue weighted by Gasteiger charge is -2.31. The third kappa shape index (κ3) is 5.82. The van der Waals surface area contributed by atoms with Crippen LogP contribution >= 0.6 is 22.9 Å². The van der Waals surface area contributed by atoms with E-state index < -0.39 is 11.7 Å². The molecule has 10 heteroatoms. The van der Waals surface area contributed by atoms with Gasteiger partial charge in [-0.2, -0.15) is 5.10 Å². The van der Waals surface area contributed by atoms with E-state index >= 15 is 0 Å². The SMILES string of the molecule is CC(=O)N1CCC(CCn2ncc(Cl)c2C(=O)Nc2ncc(C#Cc3cccs3)cc2F)CC1. The number of amides is 2. The molecular formula is C24H23ClFN5O2S. The van der Waals surface area contributed by atoms with E-state index in [1.165, 1.54) is 34.5 Å². The second-order valence-corrected chi connectivity index (χ2v) is 9.39. The number of likely N-dealkylation sites (tertiary alicyclic amines) is 1. The lowest BCUT2D eigenvalue weighted by molar-refractivity contribution is -0.130. The summed E-state index contributed by atoms with van der Waals surface area (Å²) in [5.41, 5.74) is 0.563. The van der Waals surface area contributed by atoms with Gasteiger partial charge in [0.1, 0.15) is 5.69 Å². The molecule has 176 valence electrons. The van der Waals surface area contributed by atoms with Crippen LogP contribution in [0, 0.1) is 23.6 Å². The minimum atomic E-state index is -0.689. The highest BCUT2D eigenvalue weighted by Crippen LogP contribution is 2.23. The number of pyridine rings is 1. The summed E-state index contributed by atoms with van der Waals surface area (Å²) >= 11 is 7.71. The Labute approximate surface area is 205 Å². The van der Waals surface area contributed by atoms with Crippen molar-refractivity contribution >= 4 is 40.6 Å². The first-order valence-corrected chi connectivity index (χ1v) is 12.2. The molecule has 1 aliphatic heterocycles. The van der Waals surface area contributed by atoms with E-state index in [4.69, 9.17) is 11.6 Å². The van der Waals surface area contributed by atoms with Gasteiger partial charge in [-0.25, -0.2) is 9.37 Å². The third-order valence-corrected chi connectivity index (χ3v) is 6.81. The van der Waals surface area contributed by atoms with Crippen molar-refractivity contribution in [1.82, 2.24) is 19.7 Å². The van der Waals surface area contributed by atoms with Gasteiger partial charge >= 0.3 is 0 Å². The topological polar surface area (TPSA) is 80.1 Å². The number of aromatic nitrogens is 3. The van der Waals surface area contributed by atoms with Gasteiger partial charge in [-0.05, 0) is 42.7 Å². The highest BCUT2D eigenvalue weighted by molar-refractivity contribution is 7.10. The summed E-state index contributed by atoms with van der Waals surface area (Å²) in [6.07, 6.45) is 5.43. The van der Waals surface area contributed by atoms with Crippen molar-refractivity contribution in [2.75, 3.05) is 18.4 Å². The minimum absolute atomic E-state index is 0.0969. The van der Waals surface area contributed by atoms with Crippen molar-refractivity contribution in [3.63, 3.8) is 0 Å². The number of nitrogens with zero attached hydrogens (tertiary/aromatic N) is 4. The second kappa shape index (κ2) is 10.8. The predicted molar refractivity (Wildman–Crippen MR) is 129 cm³/mol. The molecule has 3 aromatic rings. The maximum Gasteiger partial charge on any atom is 0.276 e. The maximum atomic E-state index is 14.6. The molecule has 3 aromatic heterocycles. The first-order valence-electron chi connectivity index (χ1n) is 10.9. The minimum Gasteiger partial charge on any atom is -0.343 e. The van der Waals surface area contributed by atoms with Gasteiger partial charge in [0.15, 0.2) is 11.6 Å². The fourth-order valence-corrected chi connectivity index (χ4v) is 4.65. The summed E-state index contributed by atoms with van der Waals surface area (Å²) in [5.74, 6) is 4.85. The number of hydrogen-bond acceptors (Lipinski definition) is 5. The third-order valence-electron chi connectivity index (χ3n) is 5.74. The van der Waals surface area contributed by atoms with Crippen molar-refractivity contribution in [1.29, 1.82) is 0 Å². The van der Waals surface area contributed by atoms with Crippen molar-refractivity contribution in [2.24, 2.45) is 5.92 Å². The number of nitrogens with one attached hydrogen (secondary N) is 1. The molecule has 0 radical (unpaired) electrons. The summed E-state index contributed by atoms with van der Waals surface area (Å²) in [6, 6.07) is 4.99. The van der Waals surface area contributed by atoms with Gasteiger partial charge in [0, 0.05) is 38.3 Å². The maximum absolute atomic E-state index is 14.6. The fraction of sp³-hybridized carbons (Fsp3) is 0.333. The van der Waals surface area contributed by atoms with E-state index in [2.05, 4.69) is 27.2 Å². The number of aryl methyl sites for hydroxylation is 1. The average molecular weight is 500 g/mol. The standard InChI is InChI=1S/C24H23ClFN5O2S/c1-16(32)30-9-6-17(7-10-30)8-11-31-22(20(25)15-28-31)24(33)29-23-21(26)13-18(14-27-23)4-5-19-3-2-12-34-19/h2-3,12-15,17H,6-11H2,1H3,(H,27,29,33). The van der Waals surface area contributed by atoms with Crippen molar-refractivity contribution in [3.8, 4) is 11.8 Å². The molecule has 7 nitrogen and oxygen atoms in total. The Balaban J connectivity index is 1.39. The summed E-state index contributed by atoms with van der Waals surface area (Å²) in [4.78, 5) is 31.1. The molecule has 0 saturated carbocycles. The Hall–Kier alpha value is -3.22. The Kier molecular flexibility index (Phi) is 7.60. The first kappa shape index (κ1) is 23.9. The molecule has 1 fully saturated rings. The Morgan fingerprint density at radius 2 is 2.09 bits per heavy atom. The molecule has 1 aliphatic rings. The van der Waals surface area contributed by atoms with Crippen LogP contribution in [0.5, 0.6) is 0 Å². The van der Waals surface area contributed by atoms with Crippen LogP contribution in [0.3, 0.4) is 0 Å². The lowest BCUT2D eigenvalue weighted by Crippen LogP contribution is -2.37. The van der Waals surface area contributed by atoms with Gasteiger partial charge in [-0.3, -0.25) is 14.3 Å². The van der Waals surface area contributed by atoms with Crippen molar-refractivity contribution in [2.45, 2.75) is 32.7 Å². The number of carbonyl (C=O) groups excluding carboxylic acids is 2.